The lowest BCUT2D eigenvalue weighted by Crippen LogP contribution is -2.41. The molecule has 0 bridgehead atoms. The van der Waals surface area contributed by atoms with E-state index in [9.17, 15) is 10.1 Å². The summed E-state index contributed by atoms with van der Waals surface area (Å²) >= 11 is 0. The number of benzene rings is 1. The van der Waals surface area contributed by atoms with Crippen molar-refractivity contribution in [3.05, 3.63) is 28.3 Å². The fourth-order valence-corrected chi connectivity index (χ4v) is 2.27. The molecule has 118 valence electrons. The highest BCUT2D eigenvalue weighted by atomic mass is 16.7. The fraction of sp³-hybridized carbons (Fsp3) is 0.600. The third-order valence-electron chi connectivity index (χ3n) is 4.48. The van der Waals surface area contributed by atoms with Crippen LogP contribution in [0.5, 0.6) is 5.75 Å². The molecule has 1 aliphatic carbocycles. The van der Waals surface area contributed by atoms with Crippen LogP contribution in [0.3, 0.4) is 0 Å². The van der Waals surface area contributed by atoms with Crippen molar-refractivity contribution in [2.24, 2.45) is 0 Å². The van der Waals surface area contributed by atoms with Gasteiger partial charge < -0.3 is 14.0 Å². The Kier molecular flexibility index (Phi) is 3.45. The number of nitrogens with zero attached hydrogens (tertiary/aromatic N) is 1. The highest BCUT2D eigenvalue weighted by Gasteiger charge is 2.52. The van der Waals surface area contributed by atoms with Crippen LogP contribution in [0.1, 0.15) is 40.5 Å². The average molecular weight is 305 g/mol. The number of nitro groups is 1. The van der Waals surface area contributed by atoms with Gasteiger partial charge in [0.15, 0.2) is 0 Å². The number of hydrogen-bond acceptors (Lipinski definition) is 5. The van der Waals surface area contributed by atoms with Crippen molar-refractivity contribution in [2.75, 3.05) is 0 Å². The second kappa shape index (κ2) is 4.96. The average Bonchev–Trinajstić information content (AvgIpc) is 3.16. The van der Waals surface area contributed by atoms with Crippen LogP contribution in [-0.2, 0) is 9.31 Å². The summed E-state index contributed by atoms with van der Waals surface area (Å²) in [4.78, 5) is 10.7. The number of non-ortho nitro benzene ring substituents is 1. The lowest BCUT2D eigenvalue weighted by atomic mass is 9.79. The van der Waals surface area contributed by atoms with Gasteiger partial charge >= 0.3 is 7.12 Å². The van der Waals surface area contributed by atoms with Gasteiger partial charge in [0.2, 0.25) is 0 Å². The van der Waals surface area contributed by atoms with Gasteiger partial charge in [0.25, 0.3) is 5.69 Å². The van der Waals surface area contributed by atoms with Gasteiger partial charge in [-0.3, -0.25) is 10.1 Å². The van der Waals surface area contributed by atoms with Gasteiger partial charge in [-0.25, -0.2) is 0 Å². The molecule has 0 amide bonds. The summed E-state index contributed by atoms with van der Waals surface area (Å²) in [5.41, 5.74) is -0.370. The summed E-state index contributed by atoms with van der Waals surface area (Å²) in [6.07, 6.45) is 2.16. The number of ether oxygens (including phenoxy) is 1. The Morgan fingerprint density at radius 3 is 2.27 bits per heavy atom. The van der Waals surface area contributed by atoms with E-state index >= 15 is 0 Å². The Morgan fingerprint density at radius 1 is 1.18 bits per heavy atom. The standard InChI is InChI=1S/C15H20BNO5/c1-14(2)15(3,4)22-16(21-14)10-7-11(17(18)19)9-13(8-10)20-12-5-6-12/h7-9,12H,5-6H2,1-4H3. The molecule has 2 fully saturated rings. The van der Waals surface area contributed by atoms with Gasteiger partial charge in [0.05, 0.1) is 28.3 Å². The predicted octanol–water partition coefficient (Wildman–Crippen LogP) is 2.44. The molecule has 6 nitrogen and oxygen atoms in total. The van der Waals surface area contributed by atoms with E-state index in [0.717, 1.165) is 12.8 Å². The third-order valence-corrected chi connectivity index (χ3v) is 4.48. The molecule has 1 aromatic carbocycles. The quantitative estimate of drug-likeness (QED) is 0.485. The lowest BCUT2D eigenvalue weighted by Gasteiger charge is -2.32. The first-order chi connectivity index (χ1) is 10.2. The molecule has 0 unspecified atom stereocenters. The first-order valence-corrected chi connectivity index (χ1v) is 7.50. The Balaban J connectivity index is 1.92. The highest BCUT2D eigenvalue weighted by molar-refractivity contribution is 6.62. The SMILES string of the molecule is CC1(C)OB(c2cc(OC3CC3)cc([N+](=O)[O-])c2)OC1(C)C. The van der Waals surface area contributed by atoms with Crippen molar-refractivity contribution in [1.29, 1.82) is 0 Å². The molecular formula is C15H20BNO5. The molecule has 7 heteroatoms. The summed E-state index contributed by atoms with van der Waals surface area (Å²) in [6, 6.07) is 4.71. The molecule has 1 saturated carbocycles. The van der Waals surface area contributed by atoms with Gasteiger partial charge in [-0.05, 0) is 52.1 Å². The maximum atomic E-state index is 11.1. The van der Waals surface area contributed by atoms with Crippen LogP contribution in [0, 0.1) is 10.1 Å². The zero-order chi connectivity index (χ0) is 16.1. The summed E-state index contributed by atoms with van der Waals surface area (Å²) in [5.74, 6) is 0.501. The first-order valence-electron chi connectivity index (χ1n) is 7.50. The number of rotatable bonds is 4. The second-order valence-electron chi connectivity index (χ2n) is 6.92. The van der Waals surface area contributed by atoms with E-state index < -0.39 is 23.2 Å². The maximum absolute atomic E-state index is 11.1. The number of hydrogen-bond donors (Lipinski definition) is 0. The molecule has 0 spiro atoms. The number of nitro benzene ring substituents is 1. The molecule has 3 rings (SSSR count). The summed E-state index contributed by atoms with van der Waals surface area (Å²) in [5, 5.41) is 11.1. The van der Waals surface area contributed by atoms with E-state index in [-0.39, 0.29) is 11.8 Å². The molecule has 0 N–H and O–H groups in total. The lowest BCUT2D eigenvalue weighted by molar-refractivity contribution is -0.384. The predicted molar refractivity (Wildman–Crippen MR) is 82.5 cm³/mol. The first kappa shape index (κ1) is 15.3. The van der Waals surface area contributed by atoms with Crippen molar-refractivity contribution in [1.82, 2.24) is 0 Å². The zero-order valence-electron chi connectivity index (χ0n) is 13.3. The summed E-state index contributed by atoms with van der Waals surface area (Å²) in [6.45, 7) is 7.80. The molecule has 1 aliphatic heterocycles. The molecule has 22 heavy (non-hydrogen) atoms. The van der Waals surface area contributed by atoms with Crippen LogP contribution in [0.25, 0.3) is 0 Å². The largest absolute Gasteiger partial charge is 0.495 e. The van der Waals surface area contributed by atoms with Crippen LogP contribution in [0.4, 0.5) is 5.69 Å². The Hall–Kier alpha value is -1.60. The van der Waals surface area contributed by atoms with E-state index in [1.807, 2.05) is 27.7 Å². The Bertz CT molecular complexity index is 596. The van der Waals surface area contributed by atoms with Crippen molar-refractivity contribution in [3.63, 3.8) is 0 Å². The molecule has 2 aliphatic rings. The second-order valence-corrected chi connectivity index (χ2v) is 6.92. The van der Waals surface area contributed by atoms with Crippen molar-refractivity contribution < 1.29 is 19.0 Å². The van der Waals surface area contributed by atoms with Crippen molar-refractivity contribution >= 4 is 18.3 Å². The van der Waals surface area contributed by atoms with E-state index in [2.05, 4.69) is 0 Å². The minimum absolute atomic E-state index is 0.0112. The smallest absolute Gasteiger partial charge is 0.490 e. The van der Waals surface area contributed by atoms with Crippen molar-refractivity contribution in [3.8, 4) is 5.75 Å². The molecule has 0 atom stereocenters. The molecule has 1 aromatic rings. The minimum Gasteiger partial charge on any atom is -0.490 e. The van der Waals surface area contributed by atoms with Crippen LogP contribution in [-0.4, -0.2) is 29.3 Å². The Morgan fingerprint density at radius 2 is 1.77 bits per heavy atom. The van der Waals surface area contributed by atoms with Crippen LogP contribution in [0.2, 0.25) is 0 Å². The van der Waals surface area contributed by atoms with Gasteiger partial charge in [-0.2, -0.15) is 0 Å². The van der Waals surface area contributed by atoms with Crippen LogP contribution in [0.15, 0.2) is 18.2 Å². The zero-order valence-corrected chi connectivity index (χ0v) is 13.3. The van der Waals surface area contributed by atoms with E-state index in [1.54, 1.807) is 6.07 Å². The van der Waals surface area contributed by atoms with Crippen LogP contribution >= 0.6 is 0 Å². The van der Waals surface area contributed by atoms with Gasteiger partial charge in [-0.15, -0.1) is 0 Å². The van der Waals surface area contributed by atoms with E-state index in [4.69, 9.17) is 14.0 Å². The molecule has 0 radical (unpaired) electrons. The van der Waals surface area contributed by atoms with Crippen LogP contribution < -0.4 is 10.2 Å². The highest BCUT2D eigenvalue weighted by Crippen LogP contribution is 2.37. The van der Waals surface area contributed by atoms with Gasteiger partial charge in [-0.1, -0.05) is 0 Å². The molecule has 0 aromatic heterocycles. The minimum atomic E-state index is -0.633. The topological polar surface area (TPSA) is 70.8 Å². The molecule has 1 heterocycles. The molecule has 1 saturated heterocycles. The molecular weight excluding hydrogens is 285 g/mol. The maximum Gasteiger partial charge on any atom is 0.495 e. The summed E-state index contributed by atoms with van der Waals surface area (Å²) in [7, 11) is -0.633. The summed E-state index contributed by atoms with van der Waals surface area (Å²) < 4.78 is 17.6. The normalized spacial score (nSPS) is 22.6. The fourth-order valence-electron chi connectivity index (χ4n) is 2.27. The monoisotopic (exact) mass is 305 g/mol. The third kappa shape index (κ3) is 2.83. The van der Waals surface area contributed by atoms with Gasteiger partial charge in [0, 0.05) is 6.07 Å². The van der Waals surface area contributed by atoms with Gasteiger partial charge in [0.1, 0.15) is 5.75 Å². The van der Waals surface area contributed by atoms with E-state index in [1.165, 1.54) is 12.1 Å². The van der Waals surface area contributed by atoms with E-state index in [0.29, 0.717) is 11.2 Å². The Labute approximate surface area is 130 Å². The van der Waals surface area contributed by atoms with Crippen molar-refractivity contribution in [2.45, 2.75) is 57.8 Å².